The van der Waals surface area contributed by atoms with Gasteiger partial charge in [0.25, 0.3) is 0 Å². The fourth-order valence-electron chi connectivity index (χ4n) is 1.36. The molecule has 1 aliphatic heterocycles. The van der Waals surface area contributed by atoms with Gasteiger partial charge < -0.3 is 5.32 Å². The molecule has 0 aliphatic carbocycles. The van der Waals surface area contributed by atoms with Crippen LogP contribution in [0.4, 0.5) is 8.78 Å². The molecule has 13 heavy (non-hydrogen) atoms. The van der Waals surface area contributed by atoms with E-state index in [0.717, 1.165) is 24.6 Å². The van der Waals surface area contributed by atoms with Gasteiger partial charge in [0.1, 0.15) is 0 Å². The molecule has 0 aromatic heterocycles. The summed E-state index contributed by atoms with van der Waals surface area (Å²) >= 11 is 3.05. The Morgan fingerprint density at radius 2 is 2.08 bits per heavy atom. The highest BCUT2D eigenvalue weighted by Crippen LogP contribution is 2.32. The average molecular weight is 248 g/mol. The van der Waals surface area contributed by atoms with Gasteiger partial charge in [0, 0.05) is 6.04 Å². The summed E-state index contributed by atoms with van der Waals surface area (Å²) in [6, 6.07) is 2.94. The predicted molar refractivity (Wildman–Crippen MR) is 49.4 cm³/mol. The summed E-state index contributed by atoms with van der Waals surface area (Å²) in [5.74, 6) is -1.61. The van der Waals surface area contributed by atoms with Crippen LogP contribution in [-0.2, 0) is 0 Å². The second-order valence-corrected chi connectivity index (χ2v) is 3.85. The lowest BCUT2D eigenvalue weighted by atomic mass is 9.98. The monoisotopic (exact) mass is 247 g/mol. The fourth-order valence-corrected chi connectivity index (χ4v) is 1.96. The van der Waals surface area contributed by atoms with Crippen molar-refractivity contribution in [1.29, 1.82) is 0 Å². The summed E-state index contributed by atoms with van der Waals surface area (Å²) in [7, 11) is 0. The lowest BCUT2D eigenvalue weighted by Crippen LogP contribution is -2.35. The Hall–Kier alpha value is -0.480. The minimum atomic E-state index is -0.810. The second kappa shape index (κ2) is 3.35. The molecule has 0 saturated carbocycles. The molecule has 1 aromatic carbocycles. The summed E-state index contributed by atoms with van der Waals surface area (Å²) < 4.78 is 26.0. The van der Waals surface area contributed by atoms with Crippen molar-refractivity contribution in [2.45, 2.75) is 12.5 Å². The van der Waals surface area contributed by atoms with E-state index in [9.17, 15) is 8.78 Å². The molecule has 1 fully saturated rings. The highest BCUT2D eigenvalue weighted by atomic mass is 79.9. The molecule has 70 valence electrons. The Labute approximate surface area is 83.3 Å². The van der Waals surface area contributed by atoms with E-state index in [1.807, 2.05) is 0 Å². The molecule has 0 amide bonds. The van der Waals surface area contributed by atoms with Crippen molar-refractivity contribution in [3.8, 4) is 0 Å². The molecular weight excluding hydrogens is 240 g/mol. The van der Waals surface area contributed by atoms with Gasteiger partial charge in [-0.2, -0.15) is 0 Å². The third kappa shape index (κ3) is 1.48. The molecule has 1 nitrogen and oxygen atoms in total. The number of rotatable bonds is 1. The summed E-state index contributed by atoms with van der Waals surface area (Å²) in [4.78, 5) is 0. The molecule has 1 N–H and O–H groups in total. The highest BCUT2D eigenvalue weighted by molar-refractivity contribution is 9.10. The minimum absolute atomic E-state index is 0.171. The Kier molecular flexibility index (Phi) is 2.34. The summed E-state index contributed by atoms with van der Waals surface area (Å²) in [5.41, 5.74) is 0.796. The molecule has 0 radical (unpaired) electrons. The van der Waals surface area contributed by atoms with Crippen molar-refractivity contribution >= 4 is 15.9 Å². The van der Waals surface area contributed by atoms with Gasteiger partial charge >= 0.3 is 0 Å². The van der Waals surface area contributed by atoms with Gasteiger partial charge in [0.2, 0.25) is 0 Å². The van der Waals surface area contributed by atoms with Crippen LogP contribution in [0.15, 0.2) is 16.6 Å². The maximum Gasteiger partial charge on any atom is 0.173 e. The van der Waals surface area contributed by atoms with Crippen molar-refractivity contribution in [1.82, 2.24) is 5.32 Å². The van der Waals surface area contributed by atoms with Gasteiger partial charge in [-0.15, -0.1) is 0 Å². The predicted octanol–water partition coefficient (Wildman–Crippen LogP) is 2.76. The zero-order valence-electron chi connectivity index (χ0n) is 6.78. The molecule has 0 bridgehead atoms. The van der Waals surface area contributed by atoms with Crippen LogP contribution in [0.3, 0.4) is 0 Å². The van der Waals surface area contributed by atoms with E-state index < -0.39 is 11.6 Å². The van der Waals surface area contributed by atoms with Crippen LogP contribution in [0.25, 0.3) is 0 Å². The van der Waals surface area contributed by atoms with Crippen molar-refractivity contribution in [2.75, 3.05) is 6.54 Å². The van der Waals surface area contributed by atoms with Gasteiger partial charge in [-0.25, -0.2) is 8.78 Å². The Morgan fingerprint density at radius 1 is 1.38 bits per heavy atom. The van der Waals surface area contributed by atoms with Crippen LogP contribution >= 0.6 is 15.9 Å². The van der Waals surface area contributed by atoms with Gasteiger partial charge in [0.15, 0.2) is 11.6 Å². The topological polar surface area (TPSA) is 12.0 Å². The highest BCUT2D eigenvalue weighted by Gasteiger charge is 2.23. The minimum Gasteiger partial charge on any atom is -0.310 e. The van der Waals surface area contributed by atoms with Crippen molar-refractivity contribution in [3.05, 3.63) is 33.8 Å². The number of hydrogen-bond donors (Lipinski definition) is 1. The summed E-state index contributed by atoms with van der Waals surface area (Å²) in [5, 5.41) is 3.13. The molecule has 1 saturated heterocycles. The number of halogens is 3. The van der Waals surface area contributed by atoms with Gasteiger partial charge in [-0.05, 0) is 40.5 Å². The van der Waals surface area contributed by atoms with E-state index in [2.05, 4.69) is 21.2 Å². The van der Waals surface area contributed by atoms with E-state index in [4.69, 9.17) is 0 Å². The molecule has 1 heterocycles. The number of hydrogen-bond acceptors (Lipinski definition) is 1. The summed E-state index contributed by atoms with van der Waals surface area (Å²) in [6.07, 6.45) is 0.976. The van der Waals surface area contributed by atoms with Gasteiger partial charge in [0.05, 0.1) is 4.47 Å². The average Bonchev–Trinajstić information content (AvgIpc) is 2.03. The van der Waals surface area contributed by atoms with E-state index in [-0.39, 0.29) is 10.5 Å². The van der Waals surface area contributed by atoms with E-state index >= 15 is 0 Å². The van der Waals surface area contributed by atoms with Gasteiger partial charge in [-0.1, -0.05) is 6.07 Å². The number of nitrogens with one attached hydrogen (secondary N) is 1. The van der Waals surface area contributed by atoms with Crippen LogP contribution in [-0.4, -0.2) is 6.54 Å². The molecule has 4 heteroatoms. The zero-order chi connectivity index (χ0) is 9.42. The quantitative estimate of drug-likeness (QED) is 0.753. The van der Waals surface area contributed by atoms with E-state index in [0.29, 0.717) is 0 Å². The third-order valence-electron chi connectivity index (χ3n) is 2.26. The van der Waals surface area contributed by atoms with Crippen molar-refractivity contribution in [2.24, 2.45) is 0 Å². The van der Waals surface area contributed by atoms with Crippen LogP contribution in [0.5, 0.6) is 0 Å². The second-order valence-electron chi connectivity index (χ2n) is 3.06. The smallest absolute Gasteiger partial charge is 0.173 e. The van der Waals surface area contributed by atoms with Gasteiger partial charge in [-0.3, -0.25) is 0 Å². The Balaban J connectivity index is 2.41. The molecular formula is C9H8BrF2N. The maximum absolute atomic E-state index is 13.1. The standard InChI is InChI=1S/C9H8BrF2N/c10-8-5(7-3-4-13-7)1-2-6(11)9(8)12/h1-2,7,13H,3-4H2/t7-/m1/s1. The SMILES string of the molecule is Fc1ccc([C@H]2CCN2)c(Br)c1F. The molecule has 0 unspecified atom stereocenters. The first-order valence-electron chi connectivity index (χ1n) is 4.07. The maximum atomic E-state index is 13.1. The van der Waals surface area contributed by atoms with Crippen molar-refractivity contribution < 1.29 is 8.78 Å². The Morgan fingerprint density at radius 3 is 2.62 bits per heavy atom. The first-order valence-corrected chi connectivity index (χ1v) is 4.86. The largest absolute Gasteiger partial charge is 0.310 e. The normalized spacial score (nSPS) is 21.3. The first-order chi connectivity index (χ1) is 6.20. The summed E-state index contributed by atoms with van der Waals surface area (Å²) in [6.45, 7) is 0.941. The van der Waals surface area contributed by atoms with E-state index in [1.54, 1.807) is 6.07 Å². The first kappa shape index (κ1) is 9.09. The van der Waals surface area contributed by atoms with Crippen LogP contribution in [0.1, 0.15) is 18.0 Å². The van der Waals surface area contributed by atoms with Crippen LogP contribution in [0, 0.1) is 11.6 Å². The van der Waals surface area contributed by atoms with Crippen LogP contribution < -0.4 is 5.32 Å². The fraction of sp³-hybridized carbons (Fsp3) is 0.333. The van der Waals surface area contributed by atoms with Crippen LogP contribution in [0.2, 0.25) is 0 Å². The molecule has 0 spiro atoms. The lowest BCUT2D eigenvalue weighted by molar-refractivity contribution is 0.378. The number of benzene rings is 1. The molecule has 2 rings (SSSR count). The Bertz CT molecular complexity index is 337. The molecule has 1 aliphatic rings. The zero-order valence-corrected chi connectivity index (χ0v) is 8.37. The van der Waals surface area contributed by atoms with E-state index in [1.165, 1.54) is 0 Å². The molecule has 1 atom stereocenters. The van der Waals surface area contributed by atoms with Crippen molar-refractivity contribution in [3.63, 3.8) is 0 Å². The molecule has 1 aromatic rings. The third-order valence-corrected chi connectivity index (χ3v) is 3.07. The lowest BCUT2D eigenvalue weighted by Gasteiger charge is -2.28.